The molecular weight excluding hydrogens is 911 g/mol. The van der Waals surface area contributed by atoms with E-state index in [9.17, 15) is 5.26 Å². The summed E-state index contributed by atoms with van der Waals surface area (Å²) in [7, 11) is 0. The summed E-state index contributed by atoms with van der Waals surface area (Å²) in [5, 5.41) is 24.0. The molecule has 0 atom stereocenters. The third-order valence-electron chi connectivity index (χ3n) is 15.2. The Balaban J connectivity index is 1.05. The van der Waals surface area contributed by atoms with Crippen LogP contribution in [0, 0.1) is 11.3 Å². The molecule has 2 aromatic heterocycles. The Morgan fingerprint density at radius 2 is 0.760 bits per heavy atom. The molecule has 5 nitrogen and oxygen atoms in total. The van der Waals surface area contributed by atoms with Gasteiger partial charge in [-0.05, 0) is 124 Å². The summed E-state index contributed by atoms with van der Waals surface area (Å²) in [4.78, 5) is 15.5. The van der Waals surface area contributed by atoms with E-state index in [-0.39, 0.29) is 0 Å². The third kappa shape index (κ3) is 6.67. The number of nitriles is 1. The monoisotopic (exact) mass is 951 g/mol. The van der Waals surface area contributed by atoms with E-state index in [1.807, 2.05) is 42.5 Å². The maximum Gasteiger partial charge on any atom is 0.164 e. The van der Waals surface area contributed by atoms with Crippen LogP contribution in [0.3, 0.4) is 0 Å². The molecule has 75 heavy (non-hydrogen) atoms. The van der Waals surface area contributed by atoms with Gasteiger partial charge in [0, 0.05) is 38.5 Å². The zero-order chi connectivity index (χ0) is 49.6. The Bertz CT molecular complexity index is 4750. The molecule has 5 heteroatoms. The molecule has 0 N–H and O–H groups in total. The molecular formula is C70H41N5. The van der Waals surface area contributed by atoms with Crippen molar-refractivity contribution in [2.75, 3.05) is 0 Å². The van der Waals surface area contributed by atoms with Gasteiger partial charge in [-0.25, -0.2) is 15.0 Å². The van der Waals surface area contributed by atoms with Crippen molar-refractivity contribution in [3.8, 4) is 79.3 Å². The number of hydrogen-bond acceptors (Lipinski definition) is 4. The van der Waals surface area contributed by atoms with Crippen LogP contribution in [0.5, 0.6) is 0 Å². The van der Waals surface area contributed by atoms with E-state index in [1.165, 1.54) is 21.5 Å². The van der Waals surface area contributed by atoms with Crippen LogP contribution in [0.25, 0.3) is 149 Å². The van der Waals surface area contributed by atoms with E-state index < -0.39 is 0 Å². The predicted octanol–water partition coefficient (Wildman–Crippen LogP) is 18.0. The molecule has 0 spiro atoms. The fourth-order valence-electron chi connectivity index (χ4n) is 11.9. The second-order valence-corrected chi connectivity index (χ2v) is 19.3. The van der Waals surface area contributed by atoms with E-state index in [0.29, 0.717) is 23.0 Å². The Morgan fingerprint density at radius 3 is 1.35 bits per heavy atom. The van der Waals surface area contributed by atoms with Crippen molar-refractivity contribution in [1.82, 2.24) is 19.5 Å². The van der Waals surface area contributed by atoms with Gasteiger partial charge in [0.05, 0.1) is 22.7 Å². The summed E-state index contributed by atoms with van der Waals surface area (Å²) < 4.78 is 2.34. The number of benzene rings is 13. The first-order chi connectivity index (χ1) is 37.2. The first-order valence-electron chi connectivity index (χ1n) is 25.3. The minimum atomic E-state index is 0.603. The van der Waals surface area contributed by atoms with Crippen molar-refractivity contribution in [2.45, 2.75) is 0 Å². The lowest BCUT2D eigenvalue weighted by Gasteiger charge is -2.21. The van der Waals surface area contributed by atoms with Gasteiger partial charge in [-0.2, -0.15) is 5.26 Å². The molecule has 346 valence electrons. The molecule has 0 aliphatic heterocycles. The fourth-order valence-corrected chi connectivity index (χ4v) is 11.9. The lowest BCUT2D eigenvalue weighted by molar-refractivity contribution is 1.07. The third-order valence-corrected chi connectivity index (χ3v) is 15.2. The SMILES string of the molecule is N#Cc1ccc2c3c1ccc1c(-c4ccc5c(-c6cccc7ccccc67)c6cc(-c7nc(-c8ccccc8)nc(-c8ccccc8)n7)ccc6c(-c6cccc7ccccc67)c5c4)ccc(c13)n2-c1ccccc1. The highest BCUT2D eigenvalue weighted by molar-refractivity contribution is 6.29. The van der Waals surface area contributed by atoms with Crippen molar-refractivity contribution in [3.05, 3.63) is 254 Å². The van der Waals surface area contributed by atoms with Crippen molar-refractivity contribution in [1.29, 1.82) is 5.26 Å². The maximum absolute atomic E-state index is 10.4. The number of hydrogen-bond donors (Lipinski definition) is 0. The van der Waals surface area contributed by atoms with Gasteiger partial charge in [0.1, 0.15) is 0 Å². The highest BCUT2D eigenvalue weighted by Crippen LogP contribution is 2.50. The van der Waals surface area contributed by atoms with Gasteiger partial charge in [-0.15, -0.1) is 0 Å². The number of para-hydroxylation sites is 1. The second kappa shape index (κ2) is 16.9. The van der Waals surface area contributed by atoms with E-state index in [2.05, 4.69) is 217 Å². The van der Waals surface area contributed by atoms with E-state index >= 15 is 0 Å². The van der Waals surface area contributed by atoms with Crippen LogP contribution < -0.4 is 0 Å². The first kappa shape index (κ1) is 42.4. The minimum absolute atomic E-state index is 0.603. The maximum atomic E-state index is 10.4. The average molecular weight is 952 g/mol. The summed E-state index contributed by atoms with van der Waals surface area (Å²) in [5.41, 5.74) is 13.5. The molecule has 0 unspecified atom stereocenters. The van der Waals surface area contributed by atoms with Gasteiger partial charge >= 0.3 is 0 Å². The Labute approximate surface area is 431 Å². The molecule has 0 fully saturated rings. The first-order valence-corrected chi connectivity index (χ1v) is 25.3. The van der Waals surface area contributed by atoms with Gasteiger partial charge in [-0.3, -0.25) is 0 Å². The fraction of sp³-hybridized carbons (Fsp3) is 0. The highest BCUT2D eigenvalue weighted by Gasteiger charge is 2.24. The second-order valence-electron chi connectivity index (χ2n) is 19.3. The van der Waals surface area contributed by atoms with Gasteiger partial charge in [0.2, 0.25) is 0 Å². The summed E-state index contributed by atoms with van der Waals surface area (Å²) >= 11 is 0. The van der Waals surface area contributed by atoms with Gasteiger partial charge in [0.25, 0.3) is 0 Å². The zero-order valence-corrected chi connectivity index (χ0v) is 40.4. The van der Waals surface area contributed by atoms with Crippen molar-refractivity contribution in [3.63, 3.8) is 0 Å². The van der Waals surface area contributed by atoms with E-state index in [1.54, 1.807) is 0 Å². The molecule has 2 heterocycles. The highest BCUT2D eigenvalue weighted by atomic mass is 15.0. The van der Waals surface area contributed by atoms with Crippen LogP contribution in [-0.4, -0.2) is 19.5 Å². The van der Waals surface area contributed by atoms with E-state index in [0.717, 1.165) is 110 Å². The van der Waals surface area contributed by atoms with Crippen molar-refractivity contribution in [2.24, 2.45) is 0 Å². The molecule has 0 saturated heterocycles. The largest absolute Gasteiger partial charge is 0.309 e. The van der Waals surface area contributed by atoms with Crippen LogP contribution in [0.1, 0.15) is 5.56 Å². The predicted molar refractivity (Wildman–Crippen MR) is 310 cm³/mol. The normalized spacial score (nSPS) is 11.7. The standard InChI is InChI=1S/C70H41N5/c71-42-49-32-38-62-66-54(49)35-36-57-53(37-39-63(67(57)66)75(62)50-24-8-3-9-25-50)47-30-33-58-60(40-47)64(55-28-14-22-43-16-10-12-26-51(43)55)59-34-31-48(41-61(59)65(58)56-29-15-23-44-17-11-13-27-52(44)56)70-73-68(45-18-4-1-5-19-45)72-69(74-70)46-20-6-2-7-21-46/h1-41H. The number of aromatic nitrogens is 4. The lowest BCUT2D eigenvalue weighted by Crippen LogP contribution is -2.00. The summed E-state index contributed by atoms with van der Waals surface area (Å²) in [5.74, 6) is 1.84. The number of nitrogens with zero attached hydrogens (tertiary/aromatic N) is 5. The summed E-state index contributed by atoms with van der Waals surface area (Å²) in [6.45, 7) is 0. The molecule has 0 bridgehead atoms. The van der Waals surface area contributed by atoms with Crippen molar-refractivity contribution < 1.29 is 0 Å². The summed E-state index contributed by atoms with van der Waals surface area (Å²) in [6, 6.07) is 91.0. The lowest BCUT2D eigenvalue weighted by atomic mass is 9.82. The molecule has 0 aliphatic rings. The molecule has 0 saturated carbocycles. The molecule has 15 rings (SSSR count). The topological polar surface area (TPSA) is 67.4 Å². The Kier molecular flexibility index (Phi) is 9.57. The average Bonchev–Trinajstić information content (AvgIpc) is 3.83. The van der Waals surface area contributed by atoms with Crippen molar-refractivity contribution >= 4 is 75.7 Å². The number of fused-ring (bicyclic) bond motifs is 4. The van der Waals surface area contributed by atoms with Crippen LogP contribution in [0.2, 0.25) is 0 Å². The quantitative estimate of drug-likeness (QED) is 0.118. The Morgan fingerprint density at radius 1 is 0.307 bits per heavy atom. The van der Waals surface area contributed by atoms with Gasteiger partial charge in [0.15, 0.2) is 17.5 Å². The molecule has 13 aromatic carbocycles. The minimum Gasteiger partial charge on any atom is -0.309 e. The van der Waals surface area contributed by atoms with Gasteiger partial charge in [-0.1, -0.05) is 206 Å². The number of rotatable bonds is 7. The Hall–Kier alpha value is -10.3. The zero-order valence-electron chi connectivity index (χ0n) is 40.4. The van der Waals surface area contributed by atoms with Crippen LogP contribution >= 0.6 is 0 Å². The van der Waals surface area contributed by atoms with Crippen LogP contribution in [-0.2, 0) is 0 Å². The molecule has 0 amide bonds. The smallest absolute Gasteiger partial charge is 0.164 e. The molecule has 0 aliphatic carbocycles. The molecule has 15 aromatic rings. The molecule has 0 radical (unpaired) electrons. The van der Waals surface area contributed by atoms with E-state index in [4.69, 9.17) is 15.0 Å². The van der Waals surface area contributed by atoms with Gasteiger partial charge < -0.3 is 4.57 Å². The summed E-state index contributed by atoms with van der Waals surface area (Å²) in [6.07, 6.45) is 0. The van der Waals surface area contributed by atoms with Crippen LogP contribution in [0.15, 0.2) is 249 Å². The van der Waals surface area contributed by atoms with Crippen LogP contribution in [0.4, 0.5) is 0 Å².